The van der Waals surface area contributed by atoms with E-state index in [1.54, 1.807) is 0 Å². The second-order valence-electron chi connectivity index (χ2n) is 7.03. The molecule has 2 unspecified atom stereocenters. The summed E-state index contributed by atoms with van der Waals surface area (Å²) in [5, 5.41) is 15.0. The molecule has 0 radical (unpaired) electrons. The van der Waals surface area contributed by atoms with Crippen molar-refractivity contribution in [1.29, 1.82) is 0 Å². The molecule has 3 N–H and O–H groups in total. The Morgan fingerprint density at radius 3 is 2.48 bits per heavy atom. The van der Waals surface area contributed by atoms with Crippen molar-refractivity contribution in [3.05, 3.63) is 0 Å². The van der Waals surface area contributed by atoms with Crippen LogP contribution in [0.2, 0.25) is 0 Å². The van der Waals surface area contributed by atoms with Crippen LogP contribution in [0.15, 0.2) is 0 Å². The number of urea groups is 1. The fourth-order valence-corrected chi connectivity index (χ4v) is 3.90. The predicted octanol–water partition coefficient (Wildman–Crippen LogP) is 2.90. The highest BCUT2D eigenvalue weighted by molar-refractivity contribution is 5.76. The minimum Gasteiger partial charge on any atom is -0.481 e. The van der Waals surface area contributed by atoms with Crippen molar-refractivity contribution in [2.45, 2.75) is 70.3 Å². The lowest BCUT2D eigenvalue weighted by Gasteiger charge is -2.37. The third kappa shape index (κ3) is 4.90. The van der Waals surface area contributed by atoms with E-state index in [4.69, 9.17) is 5.11 Å². The van der Waals surface area contributed by atoms with Gasteiger partial charge in [0.1, 0.15) is 0 Å². The molecule has 0 spiro atoms. The summed E-state index contributed by atoms with van der Waals surface area (Å²) in [4.78, 5) is 23.2. The van der Waals surface area contributed by atoms with Gasteiger partial charge in [0.05, 0.1) is 12.0 Å². The Kier molecular flexibility index (Phi) is 5.48. The van der Waals surface area contributed by atoms with Gasteiger partial charge < -0.3 is 15.7 Å². The summed E-state index contributed by atoms with van der Waals surface area (Å²) >= 11 is 0. The molecule has 2 fully saturated rings. The molecule has 0 aromatic rings. The summed E-state index contributed by atoms with van der Waals surface area (Å²) in [6.45, 7) is 2.96. The number of nitrogens with one attached hydrogen (secondary N) is 2. The maximum absolute atomic E-state index is 12.1. The monoisotopic (exact) mass is 296 g/mol. The van der Waals surface area contributed by atoms with E-state index in [0.29, 0.717) is 12.5 Å². The van der Waals surface area contributed by atoms with Gasteiger partial charge in [-0.2, -0.15) is 0 Å². The zero-order chi connectivity index (χ0) is 15.3. The van der Waals surface area contributed by atoms with Gasteiger partial charge in [-0.05, 0) is 37.5 Å². The van der Waals surface area contributed by atoms with Crippen LogP contribution in [0.4, 0.5) is 4.79 Å². The summed E-state index contributed by atoms with van der Waals surface area (Å²) in [5.41, 5.74) is -0.545. The molecule has 2 aliphatic carbocycles. The zero-order valence-electron chi connectivity index (χ0n) is 13.0. The van der Waals surface area contributed by atoms with Gasteiger partial charge in [-0.3, -0.25) is 4.79 Å². The van der Waals surface area contributed by atoms with E-state index in [-0.39, 0.29) is 12.5 Å². The van der Waals surface area contributed by atoms with Gasteiger partial charge in [-0.15, -0.1) is 0 Å². The molecule has 0 saturated heterocycles. The van der Waals surface area contributed by atoms with Crippen molar-refractivity contribution >= 4 is 12.0 Å². The zero-order valence-corrected chi connectivity index (χ0v) is 13.0. The van der Waals surface area contributed by atoms with Gasteiger partial charge in [0.15, 0.2) is 0 Å². The Hall–Kier alpha value is -1.26. The fraction of sp³-hybridized carbons (Fsp3) is 0.875. The molecular weight excluding hydrogens is 268 g/mol. The van der Waals surface area contributed by atoms with Crippen LogP contribution < -0.4 is 10.6 Å². The predicted molar refractivity (Wildman–Crippen MR) is 81.1 cm³/mol. The van der Waals surface area contributed by atoms with Crippen molar-refractivity contribution < 1.29 is 14.7 Å². The molecule has 5 heteroatoms. The van der Waals surface area contributed by atoms with Gasteiger partial charge in [0.25, 0.3) is 0 Å². The van der Waals surface area contributed by atoms with Crippen molar-refractivity contribution in [3.8, 4) is 0 Å². The maximum Gasteiger partial charge on any atom is 0.315 e. The third-order valence-electron chi connectivity index (χ3n) is 5.03. The molecule has 0 aliphatic heterocycles. The highest BCUT2D eigenvalue weighted by Gasteiger charge is 2.36. The molecule has 5 nitrogen and oxygen atoms in total. The first-order chi connectivity index (χ1) is 9.99. The molecule has 2 amide bonds. The van der Waals surface area contributed by atoms with Gasteiger partial charge >= 0.3 is 12.0 Å². The smallest absolute Gasteiger partial charge is 0.315 e. The molecule has 2 rings (SSSR count). The number of hydrogen-bond acceptors (Lipinski definition) is 2. The summed E-state index contributed by atoms with van der Waals surface area (Å²) in [5.74, 6) is 0.505. The minimum atomic E-state index is -0.832. The van der Waals surface area contributed by atoms with Crippen molar-refractivity contribution in [2.24, 2.45) is 11.8 Å². The molecule has 2 saturated carbocycles. The average Bonchev–Trinajstić information content (AvgIpc) is 2.82. The lowest BCUT2D eigenvalue weighted by atomic mass is 9.79. The molecule has 0 aromatic carbocycles. The Morgan fingerprint density at radius 1 is 1.19 bits per heavy atom. The number of carbonyl (C=O) groups excluding carboxylic acids is 1. The Balaban J connectivity index is 1.81. The number of rotatable bonds is 5. The Morgan fingerprint density at radius 2 is 1.90 bits per heavy atom. The van der Waals surface area contributed by atoms with Gasteiger partial charge in [0, 0.05) is 6.54 Å². The normalized spacial score (nSPS) is 28.0. The SMILES string of the molecule is CC1CCC(CNC(=O)NC2(CC(=O)O)CCCCC2)C1. The van der Waals surface area contributed by atoms with Crippen LogP contribution in [0.5, 0.6) is 0 Å². The first-order valence-electron chi connectivity index (χ1n) is 8.27. The molecule has 0 aromatic heterocycles. The molecule has 21 heavy (non-hydrogen) atoms. The molecule has 2 aliphatic rings. The van der Waals surface area contributed by atoms with Crippen LogP contribution in [-0.4, -0.2) is 29.2 Å². The third-order valence-corrected chi connectivity index (χ3v) is 5.03. The van der Waals surface area contributed by atoms with Crippen LogP contribution in [0.3, 0.4) is 0 Å². The molecule has 0 heterocycles. The van der Waals surface area contributed by atoms with E-state index >= 15 is 0 Å². The first kappa shape index (κ1) is 16.1. The maximum atomic E-state index is 12.1. The number of aliphatic carboxylic acids is 1. The topological polar surface area (TPSA) is 78.4 Å². The van der Waals surface area contributed by atoms with Crippen molar-refractivity contribution in [3.63, 3.8) is 0 Å². The summed E-state index contributed by atoms with van der Waals surface area (Å²) < 4.78 is 0. The first-order valence-corrected chi connectivity index (χ1v) is 8.27. The number of carboxylic acids is 1. The second kappa shape index (κ2) is 7.14. The highest BCUT2D eigenvalue weighted by Crippen LogP contribution is 2.31. The van der Waals surface area contributed by atoms with Gasteiger partial charge in [-0.25, -0.2) is 4.79 Å². The number of hydrogen-bond donors (Lipinski definition) is 3. The van der Waals surface area contributed by atoms with Crippen LogP contribution >= 0.6 is 0 Å². The highest BCUT2D eigenvalue weighted by atomic mass is 16.4. The van der Waals surface area contributed by atoms with E-state index in [0.717, 1.165) is 38.0 Å². The van der Waals surface area contributed by atoms with Gasteiger partial charge in [-0.1, -0.05) is 32.6 Å². The van der Waals surface area contributed by atoms with Gasteiger partial charge in [0.2, 0.25) is 0 Å². The van der Waals surface area contributed by atoms with E-state index in [1.807, 2.05) is 0 Å². The second-order valence-corrected chi connectivity index (χ2v) is 7.03. The van der Waals surface area contributed by atoms with Crippen molar-refractivity contribution in [1.82, 2.24) is 10.6 Å². The van der Waals surface area contributed by atoms with E-state index in [9.17, 15) is 9.59 Å². The van der Waals surface area contributed by atoms with Crippen LogP contribution in [0.1, 0.15) is 64.7 Å². The van der Waals surface area contributed by atoms with Crippen molar-refractivity contribution in [2.75, 3.05) is 6.54 Å². The number of carbonyl (C=O) groups is 2. The number of amides is 2. The molecular formula is C16H28N2O3. The summed E-state index contributed by atoms with van der Waals surface area (Å²) in [7, 11) is 0. The minimum absolute atomic E-state index is 0.0287. The van der Waals surface area contributed by atoms with Crippen LogP contribution in [-0.2, 0) is 4.79 Å². The standard InChI is InChI=1S/C16H28N2O3/c1-12-5-6-13(9-12)11-17-15(21)18-16(10-14(19)20)7-3-2-4-8-16/h12-13H,2-11H2,1H3,(H,19,20)(H2,17,18,21). The quantitative estimate of drug-likeness (QED) is 0.730. The molecule has 120 valence electrons. The van der Waals surface area contributed by atoms with Crippen LogP contribution in [0.25, 0.3) is 0 Å². The molecule has 0 bridgehead atoms. The summed E-state index contributed by atoms with van der Waals surface area (Å²) in [6.07, 6.45) is 8.30. The Labute approximate surface area is 126 Å². The average molecular weight is 296 g/mol. The fourth-order valence-electron chi connectivity index (χ4n) is 3.90. The Bertz CT molecular complexity index is 378. The van der Waals surface area contributed by atoms with Crippen LogP contribution in [0, 0.1) is 11.8 Å². The lowest BCUT2D eigenvalue weighted by Crippen LogP contribution is -2.54. The van der Waals surface area contributed by atoms with E-state index in [2.05, 4.69) is 17.6 Å². The number of carboxylic acid groups (broad SMARTS) is 1. The lowest BCUT2D eigenvalue weighted by molar-refractivity contribution is -0.139. The largest absolute Gasteiger partial charge is 0.481 e. The van der Waals surface area contributed by atoms with E-state index < -0.39 is 11.5 Å². The van der Waals surface area contributed by atoms with E-state index in [1.165, 1.54) is 19.3 Å². The summed E-state index contributed by atoms with van der Waals surface area (Å²) in [6, 6.07) is -0.197. The molecule has 2 atom stereocenters.